The zero-order chi connectivity index (χ0) is 8.91. The van der Waals surface area contributed by atoms with E-state index in [4.69, 9.17) is 4.43 Å². The molecule has 0 bridgehead atoms. The summed E-state index contributed by atoms with van der Waals surface area (Å²) in [6, 6.07) is 0. The van der Waals surface area contributed by atoms with Crippen LogP contribution in [-0.4, -0.2) is 8.32 Å². The van der Waals surface area contributed by atoms with Crippen molar-refractivity contribution in [3.8, 4) is 0 Å². The Morgan fingerprint density at radius 3 is 2.27 bits per heavy atom. The standard InChI is InChI=1S/C9H18OSi/c1-6-11(4,5)10-8-7-9(2)3/h6-9H,1H2,2-5H3. The smallest absolute Gasteiger partial charge is 0.268 e. The molecule has 0 unspecified atom stereocenters. The van der Waals surface area contributed by atoms with Crippen molar-refractivity contribution in [1.29, 1.82) is 0 Å². The van der Waals surface area contributed by atoms with Crippen molar-refractivity contribution in [2.45, 2.75) is 26.9 Å². The first-order valence-corrected chi connectivity index (χ1v) is 6.94. The van der Waals surface area contributed by atoms with E-state index in [1.165, 1.54) is 0 Å². The van der Waals surface area contributed by atoms with Crippen molar-refractivity contribution >= 4 is 8.32 Å². The SMILES string of the molecule is C=C[Si](C)(C)OC=CC(C)C. The van der Waals surface area contributed by atoms with Crippen LogP contribution in [0.1, 0.15) is 13.8 Å². The van der Waals surface area contributed by atoms with E-state index in [0.29, 0.717) is 5.92 Å². The van der Waals surface area contributed by atoms with Gasteiger partial charge in [-0.1, -0.05) is 19.5 Å². The van der Waals surface area contributed by atoms with Gasteiger partial charge >= 0.3 is 0 Å². The van der Waals surface area contributed by atoms with Crippen LogP contribution in [0.2, 0.25) is 13.1 Å². The summed E-state index contributed by atoms with van der Waals surface area (Å²) >= 11 is 0. The van der Waals surface area contributed by atoms with Crippen LogP contribution in [-0.2, 0) is 4.43 Å². The first-order valence-electron chi connectivity index (χ1n) is 3.96. The summed E-state index contributed by atoms with van der Waals surface area (Å²) < 4.78 is 5.53. The van der Waals surface area contributed by atoms with Crippen LogP contribution in [0.4, 0.5) is 0 Å². The Balaban J connectivity index is 3.78. The molecule has 0 aliphatic carbocycles. The minimum Gasteiger partial charge on any atom is -0.546 e. The summed E-state index contributed by atoms with van der Waals surface area (Å²) in [6.45, 7) is 12.2. The number of hydrogen-bond acceptors (Lipinski definition) is 1. The fraction of sp³-hybridized carbons (Fsp3) is 0.556. The van der Waals surface area contributed by atoms with E-state index in [1.54, 1.807) is 6.26 Å². The van der Waals surface area contributed by atoms with Crippen LogP contribution in [0.25, 0.3) is 0 Å². The molecule has 0 fully saturated rings. The molecule has 0 saturated carbocycles. The Kier molecular flexibility index (Phi) is 4.19. The quantitative estimate of drug-likeness (QED) is 0.465. The summed E-state index contributed by atoms with van der Waals surface area (Å²) in [7, 11) is -1.57. The average Bonchev–Trinajstić information content (AvgIpc) is 1.87. The molecule has 0 aliphatic heterocycles. The van der Waals surface area contributed by atoms with Gasteiger partial charge in [-0.2, -0.15) is 0 Å². The van der Waals surface area contributed by atoms with Crippen LogP contribution >= 0.6 is 0 Å². The summed E-state index contributed by atoms with van der Waals surface area (Å²) in [6.07, 6.45) is 3.86. The van der Waals surface area contributed by atoms with Gasteiger partial charge in [0.1, 0.15) is 0 Å². The second kappa shape index (κ2) is 4.39. The van der Waals surface area contributed by atoms with Crippen molar-refractivity contribution in [1.82, 2.24) is 0 Å². The Labute approximate surface area is 70.9 Å². The Bertz CT molecular complexity index is 148. The zero-order valence-corrected chi connectivity index (χ0v) is 8.92. The molecule has 0 spiro atoms. The normalized spacial score (nSPS) is 12.5. The zero-order valence-electron chi connectivity index (χ0n) is 7.92. The molecule has 0 atom stereocenters. The molecular formula is C9H18OSi. The molecule has 0 aromatic carbocycles. The van der Waals surface area contributed by atoms with E-state index < -0.39 is 8.32 Å². The van der Waals surface area contributed by atoms with E-state index >= 15 is 0 Å². The van der Waals surface area contributed by atoms with E-state index in [0.717, 1.165) is 0 Å². The predicted octanol–water partition coefficient (Wildman–Crippen LogP) is 3.10. The minimum atomic E-state index is -1.57. The molecule has 0 radical (unpaired) electrons. The lowest BCUT2D eigenvalue weighted by molar-refractivity contribution is 0.478. The van der Waals surface area contributed by atoms with Gasteiger partial charge in [-0.25, -0.2) is 0 Å². The predicted molar refractivity (Wildman–Crippen MR) is 52.7 cm³/mol. The monoisotopic (exact) mass is 170 g/mol. The fourth-order valence-corrected chi connectivity index (χ4v) is 0.945. The van der Waals surface area contributed by atoms with Crippen molar-refractivity contribution in [3.63, 3.8) is 0 Å². The highest BCUT2D eigenvalue weighted by molar-refractivity contribution is 6.76. The number of rotatable bonds is 4. The Morgan fingerprint density at radius 2 is 1.91 bits per heavy atom. The molecule has 0 rings (SSSR count). The molecule has 0 aromatic rings. The molecule has 64 valence electrons. The van der Waals surface area contributed by atoms with Gasteiger partial charge in [0, 0.05) is 0 Å². The first kappa shape index (κ1) is 10.5. The van der Waals surface area contributed by atoms with Crippen LogP contribution in [0.15, 0.2) is 24.6 Å². The highest BCUT2D eigenvalue weighted by atomic mass is 28.4. The van der Waals surface area contributed by atoms with Crippen molar-refractivity contribution in [3.05, 3.63) is 24.6 Å². The van der Waals surface area contributed by atoms with Crippen LogP contribution in [0, 0.1) is 5.92 Å². The topological polar surface area (TPSA) is 9.23 Å². The minimum absolute atomic E-state index is 0.560. The molecule has 1 nitrogen and oxygen atoms in total. The van der Waals surface area contributed by atoms with Gasteiger partial charge < -0.3 is 4.43 Å². The molecule has 0 heterocycles. The van der Waals surface area contributed by atoms with E-state index in [1.807, 2.05) is 5.70 Å². The number of hydrogen-bond donors (Lipinski definition) is 0. The molecule has 0 saturated heterocycles. The number of allylic oxidation sites excluding steroid dienone is 1. The van der Waals surface area contributed by atoms with E-state index in [9.17, 15) is 0 Å². The third-order valence-electron chi connectivity index (χ3n) is 1.33. The van der Waals surface area contributed by atoms with Crippen molar-refractivity contribution < 1.29 is 4.43 Å². The highest BCUT2D eigenvalue weighted by Gasteiger charge is 2.16. The maximum Gasteiger partial charge on any atom is 0.268 e. The highest BCUT2D eigenvalue weighted by Crippen LogP contribution is 2.06. The van der Waals surface area contributed by atoms with Crippen LogP contribution < -0.4 is 0 Å². The van der Waals surface area contributed by atoms with Crippen molar-refractivity contribution in [2.75, 3.05) is 0 Å². The van der Waals surface area contributed by atoms with Gasteiger partial charge in [-0.15, -0.1) is 6.58 Å². The maximum atomic E-state index is 5.53. The molecule has 0 N–H and O–H groups in total. The van der Waals surface area contributed by atoms with E-state index in [-0.39, 0.29) is 0 Å². The first-order chi connectivity index (χ1) is 4.98. The lowest BCUT2D eigenvalue weighted by atomic mass is 10.2. The molecular weight excluding hydrogens is 152 g/mol. The third kappa shape index (κ3) is 5.92. The second-order valence-electron chi connectivity index (χ2n) is 3.50. The van der Waals surface area contributed by atoms with E-state index in [2.05, 4.69) is 39.6 Å². The van der Waals surface area contributed by atoms with Gasteiger partial charge in [-0.05, 0) is 25.1 Å². The van der Waals surface area contributed by atoms with Crippen molar-refractivity contribution in [2.24, 2.45) is 5.92 Å². The fourth-order valence-electron chi connectivity index (χ4n) is 0.420. The Morgan fingerprint density at radius 1 is 1.36 bits per heavy atom. The van der Waals surface area contributed by atoms with Gasteiger partial charge in [0.05, 0.1) is 6.26 Å². The lowest BCUT2D eigenvalue weighted by Crippen LogP contribution is -2.24. The molecule has 2 heteroatoms. The van der Waals surface area contributed by atoms with Gasteiger partial charge in [0.15, 0.2) is 0 Å². The molecule has 0 aliphatic rings. The second-order valence-corrected chi connectivity index (χ2v) is 7.35. The summed E-state index contributed by atoms with van der Waals surface area (Å²) in [5, 5.41) is 0. The summed E-state index contributed by atoms with van der Waals surface area (Å²) in [5.41, 5.74) is 1.93. The van der Waals surface area contributed by atoms with Crippen LogP contribution in [0.5, 0.6) is 0 Å². The Hall–Kier alpha value is -0.503. The lowest BCUT2D eigenvalue weighted by Gasteiger charge is -2.16. The third-order valence-corrected chi connectivity index (χ3v) is 3.05. The summed E-state index contributed by atoms with van der Waals surface area (Å²) in [4.78, 5) is 0. The average molecular weight is 170 g/mol. The maximum absolute atomic E-state index is 5.53. The van der Waals surface area contributed by atoms with Crippen LogP contribution in [0.3, 0.4) is 0 Å². The van der Waals surface area contributed by atoms with Gasteiger partial charge in [0.25, 0.3) is 8.32 Å². The summed E-state index contributed by atoms with van der Waals surface area (Å²) in [5.74, 6) is 0.560. The molecule has 11 heavy (non-hydrogen) atoms. The van der Waals surface area contributed by atoms with Gasteiger partial charge in [-0.3, -0.25) is 0 Å². The molecule has 0 amide bonds. The van der Waals surface area contributed by atoms with Gasteiger partial charge in [0.2, 0.25) is 0 Å². The molecule has 0 aromatic heterocycles. The largest absolute Gasteiger partial charge is 0.546 e.